The van der Waals surface area contributed by atoms with Crippen LogP contribution in [0.25, 0.3) is 0 Å². The number of hydrogen-bond acceptors (Lipinski definition) is 6. The highest BCUT2D eigenvalue weighted by molar-refractivity contribution is 7.89. The van der Waals surface area contributed by atoms with E-state index in [0.29, 0.717) is 18.6 Å². The Hall–Kier alpha value is -2.91. The first-order chi connectivity index (χ1) is 14.2. The van der Waals surface area contributed by atoms with Crippen molar-refractivity contribution in [3.05, 3.63) is 54.1 Å². The Kier molecular flexibility index (Phi) is 7.58. The average Bonchev–Trinajstić information content (AvgIpc) is 2.74. The van der Waals surface area contributed by atoms with Gasteiger partial charge in [0.05, 0.1) is 17.4 Å². The van der Waals surface area contributed by atoms with E-state index in [4.69, 9.17) is 14.6 Å². The Labute approximate surface area is 175 Å². The lowest BCUT2D eigenvalue weighted by molar-refractivity contribution is -0.141. The summed E-state index contributed by atoms with van der Waals surface area (Å²) in [5.41, 5.74) is -0.0598. The zero-order valence-corrected chi connectivity index (χ0v) is 17.9. The number of carbonyl (C=O) groups excluding carboxylic acids is 1. The van der Waals surface area contributed by atoms with Crippen LogP contribution in [0.15, 0.2) is 53.4 Å². The van der Waals surface area contributed by atoms with E-state index in [0.717, 1.165) is 5.56 Å². The lowest BCUT2D eigenvalue weighted by atomic mass is 9.76. The molecule has 2 N–H and O–H groups in total. The van der Waals surface area contributed by atoms with Crippen LogP contribution in [-0.2, 0) is 25.0 Å². The molecule has 162 valence electrons. The molecule has 0 heterocycles. The Morgan fingerprint density at radius 3 is 1.97 bits per heavy atom. The summed E-state index contributed by atoms with van der Waals surface area (Å²) in [4.78, 5) is 23.5. The largest absolute Gasteiger partial charge is 0.497 e. The van der Waals surface area contributed by atoms with Crippen LogP contribution in [-0.4, -0.2) is 39.1 Å². The summed E-state index contributed by atoms with van der Waals surface area (Å²) in [5, 5.41) is 8.62. The number of hydrogen-bond donors (Lipinski definition) is 2. The lowest BCUT2D eigenvalue weighted by Crippen LogP contribution is -2.38. The summed E-state index contributed by atoms with van der Waals surface area (Å²) >= 11 is 0. The monoisotopic (exact) mass is 435 g/mol. The number of aliphatic carboxylic acids is 1. The third-order valence-corrected chi connectivity index (χ3v) is 6.42. The molecule has 0 aromatic heterocycles. The second-order valence-corrected chi connectivity index (χ2v) is 8.36. The molecule has 0 unspecified atom stereocenters. The van der Waals surface area contributed by atoms with E-state index in [1.54, 1.807) is 19.2 Å². The van der Waals surface area contributed by atoms with Crippen LogP contribution in [0.3, 0.4) is 0 Å². The molecule has 8 nitrogen and oxygen atoms in total. The van der Waals surface area contributed by atoms with Crippen molar-refractivity contribution >= 4 is 22.0 Å². The summed E-state index contributed by atoms with van der Waals surface area (Å²) in [6.45, 7) is 3.08. The van der Waals surface area contributed by atoms with Crippen LogP contribution in [0.5, 0.6) is 11.5 Å². The minimum Gasteiger partial charge on any atom is -0.497 e. The SMILES string of the molecule is CCC(CC)(C(=O)Oc1ccc(S(=O)(=O)NCC(=O)O)cc1)c1ccc(OC)cc1. The number of carboxylic acid groups (broad SMARTS) is 1. The number of sulfonamides is 1. The second-order valence-electron chi connectivity index (χ2n) is 6.60. The molecule has 0 atom stereocenters. The maximum Gasteiger partial charge on any atom is 0.321 e. The van der Waals surface area contributed by atoms with Gasteiger partial charge in [-0.25, -0.2) is 8.42 Å². The number of benzene rings is 2. The van der Waals surface area contributed by atoms with E-state index in [9.17, 15) is 18.0 Å². The summed E-state index contributed by atoms with van der Waals surface area (Å²) in [6.07, 6.45) is 1.03. The molecule has 0 aliphatic carbocycles. The van der Waals surface area contributed by atoms with Gasteiger partial charge in [-0.2, -0.15) is 4.72 Å². The van der Waals surface area contributed by atoms with E-state index >= 15 is 0 Å². The highest BCUT2D eigenvalue weighted by Crippen LogP contribution is 2.34. The van der Waals surface area contributed by atoms with Crippen LogP contribution in [0, 0.1) is 0 Å². The van der Waals surface area contributed by atoms with E-state index in [1.807, 2.05) is 30.7 Å². The normalized spacial score (nSPS) is 11.7. The molecule has 0 amide bonds. The predicted molar refractivity (Wildman–Crippen MR) is 110 cm³/mol. The molecule has 0 spiro atoms. The lowest BCUT2D eigenvalue weighted by Gasteiger charge is -2.29. The molecule has 2 aromatic carbocycles. The quantitative estimate of drug-likeness (QED) is 0.435. The molecule has 0 saturated heterocycles. The van der Waals surface area contributed by atoms with E-state index < -0.39 is 33.9 Å². The van der Waals surface area contributed by atoms with Gasteiger partial charge in [0.1, 0.15) is 18.0 Å². The van der Waals surface area contributed by atoms with Gasteiger partial charge in [0.2, 0.25) is 10.0 Å². The summed E-state index contributed by atoms with van der Waals surface area (Å²) in [6, 6.07) is 12.4. The third kappa shape index (κ3) is 5.17. The van der Waals surface area contributed by atoms with Crippen molar-refractivity contribution in [2.45, 2.75) is 37.0 Å². The summed E-state index contributed by atoms with van der Waals surface area (Å²) in [5.74, 6) is -0.867. The van der Waals surface area contributed by atoms with Gasteiger partial charge < -0.3 is 14.6 Å². The number of ether oxygens (including phenoxy) is 2. The number of carbonyl (C=O) groups is 2. The zero-order chi connectivity index (χ0) is 22.4. The fraction of sp³-hybridized carbons (Fsp3) is 0.333. The first kappa shape index (κ1) is 23.4. The molecule has 2 rings (SSSR count). The van der Waals surface area contributed by atoms with Crippen LogP contribution < -0.4 is 14.2 Å². The molecule has 9 heteroatoms. The van der Waals surface area contributed by atoms with Gasteiger partial charge in [-0.1, -0.05) is 26.0 Å². The summed E-state index contributed by atoms with van der Waals surface area (Å²) in [7, 11) is -2.40. The Balaban J connectivity index is 2.22. The van der Waals surface area contributed by atoms with Gasteiger partial charge in [0, 0.05) is 0 Å². The number of rotatable bonds is 10. The van der Waals surface area contributed by atoms with Gasteiger partial charge in [0.15, 0.2) is 0 Å². The van der Waals surface area contributed by atoms with E-state index in [-0.39, 0.29) is 10.6 Å². The zero-order valence-electron chi connectivity index (χ0n) is 17.0. The molecule has 2 aromatic rings. The average molecular weight is 435 g/mol. The van der Waals surface area contributed by atoms with Gasteiger partial charge in [-0.05, 0) is 54.8 Å². The maximum absolute atomic E-state index is 13.1. The number of nitrogens with one attached hydrogen (secondary N) is 1. The van der Waals surface area contributed by atoms with Crippen molar-refractivity contribution < 1.29 is 32.6 Å². The molecule has 0 radical (unpaired) electrons. The van der Waals surface area contributed by atoms with Crippen LogP contribution in [0.2, 0.25) is 0 Å². The van der Waals surface area contributed by atoms with Crippen molar-refractivity contribution in [1.82, 2.24) is 4.72 Å². The fourth-order valence-corrected chi connectivity index (χ4v) is 4.08. The fourth-order valence-electron chi connectivity index (χ4n) is 3.11. The minimum atomic E-state index is -3.97. The first-order valence-electron chi connectivity index (χ1n) is 9.37. The number of carboxylic acids is 1. The predicted octanol–water partition coefficient (Wildman–Crippen LogP) is 2.72. The van der Waals surface area contributed by atoms with Crippen LogP contribution in [0.1, 0.15) is 32.3 Å². The Morgan fingerprint density at radius 2 is 1.50 bits per heavy atom. The van der Waals surface area contributed by atoms with Gasteiger partial charge >= 0.3 is 11.9 Å². The highest BCUT2D eigenvalue weighted by Gasteiger charge is 2.39. The van der Waals surface area contributed by atoms with Crippen LogP contribution >= 0.6 is 0 Å². The maximum atomic E-state index is 13.1. The first-order valence-corrected chi connectivity index (χ1v) is 10.8. The molecular formula is C21H25NO7S. The number of methoxy groups -OCH3 is 1. The number of esters is 1. The molecule has 0 aliphatic rings. The summed E-state index contributed by atoms with van der Waals surface area (Å²) < 4.78 is 36.8. The van der Waals surface area contributed by atoms with Crippen LogP contribution in [0.4, 0.5) is 0 Å². The van der Waals surface area contributed by atoms with Crippen molar-refractivity contribution in [2.75, 3.05) is 13.7 Å². The molecule has 30 heavy (non-hydrogen) atoms. The molecule has 0 fully saturated rings. The third-order valence-electron chi connectivity index (χ3n) is 5.00. The van der Waals surface area contributed by atoms with Crippen molar-refractivity contribution in [1.29, 1.82) is 0 Å². The molecular weight excluding hydrogens is 410 g/mol. The van der Waals surface area contributed by atoms with Gasteiger partial charge in [-0.3, -0.25) is 9.59 Å². The molecule has 0 saturated carbocycles. The smallest absolute Gasteiger partial charge is 0.321 e. The van der Waals surface area contributed by atoms with Crippen molar-refractivity contribution in [3.63, 3.8) is 0 Å². The second kappa shape index (κ2) is 9.73. The molecule has 0 bridgehead atoms. The van der Waals surface area contributed by atoms with Crippen molar-refractivity contribution in [2.24, 2.45) is 0 Å². The topological polar surface area (TPSA) is 119 Å². The van der Waals surface area contributed by atoms with Gasteiger partial charge in [-0.15, -0.1) is 0 Å². The Morgan fingerprint density at radius 1 is 0.967 bits per heavy atom. The minimum absolute atomic E-state index is 0.129. The van der Waals surface area contributed by atoms with E-state index in [2.05, 4.69) is 0 Å². The highest BCUT2D eigenvalue weighted by atomic mass is 32.2. The Bertz CT molecular complexity index is 979. The standard InChI is InChI=1S/C21H25NO7S/c1-4-21(5-2,15-6-8-16(28-3)9-7-15)20(25)29-17-10-12-18(13-11-17)30(26,27)22-14-19(23)24/h6-13,22H,4-5,14H2,1-3H3,(H,23,24). The van der Waals surface area contributed by atoms with Crippen molar-refractivity contribution in [3.8, 4) is 11.5 Å². The molecule has 0 aliphatic heterocycles. The van der Waals surface area contributed by atoms with E-state index in [1.165, 1.54) is 24.3 Å². The van der Waals surface area contributed by atoms with Gasteiger partial charge in [0.25, 0.3) is 0 Å².